The summed E-state index contributed by atoms with van der Waals surface area (Å²) in [5, 5.41) is 18.5. The SMILES string of the molecule is Oc1ccc(Oc2ccccc2I)cc1O. The average Bonchev–Trinajstić information content (AvgIpc) is 2.27. The number of rotatable bonds is 2. The zero-order valence-corrected chi connectivity index (χ0v) is 10.4. The Morgan fingerprint density at radius 3 is 2.38 bits per heavy atom. The molecule has 2 aromatic carbocycles. The zero-order valence-electron chi connectivity index (χ0n) is 8.22. The molecule has 0 saturated carbocycles. The van der Waals surface area contributed by atoms with Crippen molar-refractivity contribution in [2.75, 3.05) is 0 Å². The summed E-state index contributed by atoms with van der Waals surface area (Å²) >= 11 is 2.17. The number of ether oxygens (including phenoxy) is 1. The van der Waals surface area contributed by atoms with E-state index in [-0.39, 0.29) is 11.5 Å². The Morgan fingerprint density at radius 2 is 1.69 bits per heavy atom. The Labute approximate surface area is 106 Å². The highest BCUT2D eigenvalue weighted by Crippen LogP contribution is 2.32. The Balaban J connectivity index is 2.28. The van der Waals surface area contributed by atoms with Crippen molar-refractivity contribution in [2.45, 2.75) is 0 Å². The van der Waals surface area contributed by atoms with Crippen molar-refractivity contribution >= 4 is 22.6 Å². The van der Waals surface area contributed by atoms with E-state index in [9.17, 15) is 5.11 Å². The molecule has 0 saturated heterocycles. The fourth-order valence-corrected chi connectivity index (χ4v) is 1.72. The van der Waals surface area contributed by atoms with Gasteiger partial charge in [0, 0.05) is 6.07 Å². The summed E-state index contributed by atoms with van der Waals surface area (Å²) in [4.78, 5) is 0. The van der Waals surface area contributed by atoms with Crippen LogP contribution in [0.15, 0.2) is 42.5 Å². The van der Waals surface area contributed by atoms with Gasteiger partial charge in [-0.25, -0.2) is 0 Å². The Bertz CT molecular complexity index is 511. The maximum atomic E-state index is 9.32. The second kappa shape index (κ2) is 4.61. The van der Waals surface area contributed by atoms with Crippen molar-refractivity contribution in [3.05, 3.63) is 46.0 Å². The number of hydrogen-bond donors (Lipinski definition) is 2. The van der Waals surface area contributed by atoms with Gasteiger partial charge in [-0.1, -0.05) is 12.1 Å². The number of halogens is 1. The van der Waals surface area contributed by atoms with Crippen molar-refractivity contribution in [2.24, 2.45) is 0 Å². The summed E-state index contributed by atoms with van der Waals surface area (Å²) in [5.41, 5.74) is 0. The first kappa shape index (κ1) is 11.1. The number of para-hydroxylation sites is 1. The molecule has 0 aliphatic carbocycles. The maximum absolute atomic E-state index is 9.32. The average molecular weight is 328 g/mol. The lowest BCUT2D eigenvalue weighted by Crippen LogP contribution is -1.86. The third-order valence-corrected chi connectivity index (χ3v) is 2.90. The van der Waals surface area contributed by atoms with E-state index in [1.54, 1.807) is 6.07 Å². The summed E-state index contributed by atoms with van der Waals surface area (Å²) in [6.45, 7) is 0. The molecule has 0 amide bonds. The lowest BCUT2D eigenvalue weighted by molar-refractivity contribution is 0.397. The summed E-state index contributed by atoms with van der Waals surface area (Å²) in [7, 11) is 0. The number of hydrogen-bond acceptors (Lipinski definition) is 3. The van der Waals surface area contributed by atoms with E-state index in [1.165, 1.54) is 12.1 Å². The van der Waals surface area contributed by atoms with Gasteiger partial charge in [-0.2, -0.15) is 0 Å². The van der Waals surface area contributed by atoms with Crippen LogP contribution in [-0.2, 0) is 0 Å². The second-order valence-corrected chi connectivity index (χ2v) is 4.35. The summed E-state index contributed by atoms with van der Waals surface area (Å²) < 4.78 is 6.55. The Morgan fingerprint density at radius 1 is 0.938 bits per heavy atom. The first-order valence-electron chi connectivity index (χ1n) is 4.61. The number of benzene rings is 2. The summed E-state index contributed by atoms with van der Waals surface area (Å²) in [5.74, 6) is 0.853. The molecular weight excluding hydrogens is 319 g/mol. The van der Waals surface area contributed by atoms with Crippen LogP contribution in [0.4, 0.5) is 0 Å². The minimum absolute atomic E-state index is 0.157. The zero-order chi connectivity index (χ0) is 11.5. The number of aromatic hydroxyl groups is 2. The standard InChI is InChI=1S/C12H9IO3/c13-9-3-1-2-4-12(9)16-8-5-6-10(14)11(15)7-8/h1-7,14-15H. The molecule has 0 spiro atoms. The first-order chi connectivity index (χ1) is 7.66. The van der Waals surface area contributed by atoms with Crippen LogP contribution in [0.5, 0.6) is 23.0 Å². The van der Waals surface area contributed by atoms with Gasteiger partial charge in [0.2, 0.25) is 0 Å². The van der Waals surface area contributed by atoms with Gasteiger partial charge in [-0.3, -0.25) is 0 Å². The van der Waals surface area contributed by atoms with Crippen molar-refractivity contribution in [3.63, 3.8) is 0 Å². The van der Waals surface area contributed by atoms with Crippen molar-refractivity contribution in [3.8, 4) is 23.0 Å². The van der Waals surface area contributed by atoms with Crippen molar-refractivity contribution < 1.29 is 14.9 Å². The highest BCUT2D eigenvalue weighted by Gasteiger charge is 2.04. The molecule has 2 aromatic rings. The van der Waals surface area contributed by atoms with Gasteiger partial charge >= 0.3 is 0 Å². The van der Waals surface area contributed by atoms with E-state index < -0.39 is 0 Å². The molecule has 3 nitrogen and oxygen atoms in total. The van der Waals surface area contributed by atoms with Crippen molar-refractivity contribution in [1.29, 1.82) is 0 Å². The van der Waals surface area contributed by atoms with Gasteiger partial charge in [0.05, 0.1) is 3.57 Å². The number of phenols is 2. The van der Waals surface area contributed by atoms with Gasteiger partial charge < -0.3 is 14.9 Å². The predicted molar refractivity (Wildman–Crippen MR) is 69.0 cm³/mol. The van der Waals surface area contributed by atoms with Gasteiger partial charge in [0.1, 0.15) is 11.5 Å². The Hall–Kier alpha value is -1.43. The molecule has 0 aromatic heterocycles. The lowest BCUT2D eigenvalue weighted by Gasteiger charge is -2.08. The third kappa shape index (κ3) is 2.38. The molecule has 0 heterocycles. The van der Waals surface area contributed by atoms with Crippen LogP contribution in [0.2, 0.25) is 0 Å². The van der Waals surface area contributed by atoms with E-state index in [1.807, 2.05) is 24.3 Å². The minimum atomic E-state index is -0.191. The second-order valence-electron chi connectivity index (χ2n) is 3.18. The van der Waals surface area contributed by atoms with Crippen LogP contribution in [-0.4, -0.2) is 10.2 Å². The van der Waals surface area contributed by atoms with Crippen LogP contribution >= 0.6 is 22.6 Å². The molecule has 0 unspecified atom stereocenters. The van der Waals surface area contributed by atoms with Crippen LogP contribution in [0.25, 0.3) is 0 Å². The predicted octanol–water partition coefficient (Wildman–Crippen LogP) is 3.49. The maximum Gasteiger partial charge on any atom is 0.161 e. The third-order valence-electron chi connectivity index (χ3n) is 2.01. The fourth-order valence-electron chi connectivity index (χ4n) is 1.22. The number of phenolic OH excluding ortho intramolecular Hbond substituents is 2. The molecule has 2 N–H and O–H groups in total. The lowest BCUT2D eigenvalue weighted by atomic mass is 10.3. The van der Waals surface area contributed by atoms with Gasteiger partial charge in [0.15, 0.2) is 11.5 Å². The molecule has 0 fully saturated rings. The molecule has 4 heteroatoms. The molecule has 2 rings (SSSR count). The highest BCUT2D eigenvalue weighted by atomic mass is 127. The van der Waals surface area contributed by atoms with Gasteiger partial charge in [0.25, 0.3) is 0 Å². The van der Waals surface area contributed by atoms with E-state index in [2.05, 4.69) is 22.6 Å². The molecule has 0 atom stereocenters. The summed E-state index contributed by atoms with van der Waals surface area (Å²) in [6.07, 6.45) is 0. The summed E-state index contributed by atoms with van der Waals surface area (Å²) in [6, 6.07) is 11.9. The highest BCUT2D eigenvalue weighted by molar-refractivity contribution is 14.1. The molecule has 0 radical (unpaired) electrons. The van der Waals surface area contributed by atoms with Gasteiger partial charge in [-0.15, -0.1) is 0 Å². The molecule has 0 aliphatic rings. The quantitative estimate of drug-likeness (QED) is 0.655. The largest absolute Gasteiger partial charge is 0.504 e. The van der Waals surface area contributed by atoms with E-state index in [4.69, 9.17) is 9.84 Å². The first-order valence-corrected chi connectivity index (χ1v) is 5.69. The molecule has 16 heavy (non-hydrogen) atoms. The van der Waals surface area contributed by atoms with Crippen LogP contribution in [0, 0.1) is 3.57 Å². The van der Waals surface area contributed by atoms with Crippen LogP contribution < -0.4 is 4.74 Å². The topological polar surface area (TPSA) is 49.7 Å². The van der Waals surface area contributed by atoms with E-state index in [0.717, 1.165) is 3.57 Å². The monoisotopic (exact) mass is 328 g/mol. The van der Waals surface area contributed by atoms with E-state index in [0.29, 0.717) is 11.5 Å². The normalized spacial score (nSPS) is 10.1. The minimum Gasteiger partial charge on any atom is -0.504 e. The van der Waals surface area contributed by atoms with Crippen LogP contribution in [0.3, 0.4) is 0 Å². The van der Waals surface area contributed by atoms with E-state index >= 15 is 0 Å². The molecule has 0 bridgehead atoms. The molecule has 0 aliphatic heterocycles. The van der Waals surface area contributed by atoms with Gasteiger partial charge in [-0.05, 0) is 46.9 Å². The molecule has 82 valence electrons. The van der Waals surface area contributed by atoms with Crippen molar-refractivity contribution in [1.82, 2.24) is 0 Å². The van der Waals surface area contributed by atoms with Crippen LogP contribution in [0.1, 0.15) is 0 Å². The Kier molecular flexibility index (Phi) is 3.19. The fraction of sp³-hybridized carbons (Fsp3) is 0. The molecular formula is C12H9IO3. The smallest absolute Gasteiger partial charge is 0.161 e.